The highest BCUT2D eigenvalue weighted by atomic mass is 16.3. The van der Waals surface area contributed by atoms with Gasteiger partial charge in [-0.25, -0.2) is 0 Å². The molecule has 2 atom stereocenters. The Bertz CT molecular complexity index is 398. The third-order valence-corrected chi connectivity index (χ3v) is 3.47. The minimum absolute atomic E-state index is 0.0622. The van der Waals surface area contributed by atoms with Gasteiger partial charge in [0.1, 0.15) is 12.0 Å². The van der Waals surface area contributed by atoms with Gasteiger partial charge in [0.05, 0.1) is 5.56 Å². The zero-order valence-electron chi connectivity index (χ0n) is 10.5. The molecule has 1 aromatic rings. The van der Waals surface area contributed by atoms with Crippen LogP contribution in [0.2, 0.25) is 0 Å². The van der Waals surface area contributed by atoms with Crippen molar-refractivity contribution in [2.45, 2.75) is 32.7 Å². The monoisotopic (exact) mass is 236 g/mol. The SMILES string of the molecule is Cc1cc(C(=O)N2CCCC(C(C)N)C2)co1. The zero-order chi connectivity index (χ0) is 12.4. The standard InChI is InChI=1S/C13H20N2O2/c1-9-6-12(8-17-9)13(16)15-5-3-4-11(7-15)10(2)14/h6,8,10-11H,3-5,7,14H2,1-2H3. The Morgan fingerprint density at radius 1 is 1.65 bits per heavy atom. The number of furan rings is 1. The number of amides is 1. The molecular weight excluding hydrogens is 216 g/mol. The van der Waals surface area contributed by atoms with Crippen LogP contribution in [-0.4, -0.2) is 29.9 Å². The summed E-state index contributed by atoms with van der Waals surface area (Å²) in [5.74, 6) is 1.25. The molecule has 2 unspecified atom stereocenters. The Morgan fingerprint density at radius 2 is 2.41 bits per heavy atom. The lowest BCUT2D eigenvalue weighted by Crippen LogP contribution is -2.44. The van der Waals surface area contributed by atoms with Crippen molar-refractivity contribution in [1.82, 2.24) is 4.90 Å². The molecule has 2 heterocycles. The van der Waals surface area contributed by atoms with Gasteiger partial charge >= 0.3 is 0 Å². The van der Waals surface area contributed by atoms with Crippen LogP contribution in [0.3, 0.4) is 0 Å². The van der Waals surface area contributed by atoms with Crippen molar-refractivity contribution in [3.8, 4) is 0 Å². The second-order valence-corrected chi connectivity index (χ2v) is 4.96. The van der Waals surface area contributed by atoms with Gasteiger partial charge in [-0.3, -0.25) is 4.79 Å². The lowest BCUT2D eigenvalue weighted by atomic mass is 9.92. The highest BCUT2D eigenvalue weighted by Crippen LogP contribution is 2.21. The highest BCUT2D eigenvalue weighted by molar-refractivity contribution is 5.94. The summed E-state index contributed by atoms with van der Waals surface area (Å²) in [5, 5.41) is 0. The molecular formula is C13H20N2O2. The second-order valence-electron chi connectivity index (χ2n) is 4.96. The molecule has 17 heavy (non-hydrogen) atoms. The van der Waals surface area contributed by atoms with E-state index < -0.39 is 0 Å². The Kier molecular flexibility index (Phi) is 3.52. The summed E-state index contributed by atoms with van der Waals surface area (Å²) in [6.45, 7) is 5.45. The van der Waals surface area contributed by atoms with Crippen LogP contribution < -0.4 is 5.73 Å². The lowest BCUT2D eigenvalue weighted by molar-refractivity contribution is 0.0660. The summed E-state index contributed by atoms with van der Waals surface area (Å²) in [6.07, 6.45) is 3.69. The Morgan fingerprint density at radius 3 is 3.00 bits per heavy atom. The molecule has 0 radical (unpaired) electrons. The number of rotatable bonds is 2. The molecule has 1 aromatic heterocycles. The van der Waals surface area contributed by atoms with Gasteiger partial charge in [-0.1, -0.05) is 0 Å². The van der Waals surface area contributed by atoms with Gasteiger partial charge in [0, 0.05) is 19.1 Å². The number of likely N-dealkylation sites (tertiary alicyclic amines) is 1. The van der Waals surface area contributed by atoms with Crippen LogP contribution >= 0.6 is 0 Å². The van der Waals surface area contributed by atoms with Crippen LogP contribution in [0.4, 0.5) is 0 Å². The molecule has 0 saturated carbocycles. The quantitative estimate of drug-likeness (QED) is 0.851. The summed E-state index contributed by atoms with van der Waals surface area (Å²) in [7, 11) is 0. The van der Waals surface area contributed by atoms with Gasteiger partial charge in [0.2, 0.25) is 0 Å². The van der Waals surface area contributed by atoms with Crippen molar-refractivity contribution in [3.63, 3.8) is 0 Å². The zero-order valence-corrected chi connectivity index (χ0v) is 10.5. The fraction of sp³-hybridized carbons (Fsp3) is 0.615. The van der Waals surface area contributed by atoms with E-state index in [2.05, 4.69) is 0 Å². The predicted octanol–water partition coefficient (Wildman–Crippen LogP) is 1.79. The number of nitrogens with two attached hydrogens (primary N) is 1. The van der Waals surface area contributed by atoms with Crippen molar-refractivity contribution in [3.05, 3.63) is 23.7 Å². The van der Waals surface area contributed by atoms with Gasteiger partial charge in [-0.05, 0) is 38.7 Å². The number of piperidine rings is 1. The van der Waals surface area contributed by atoms with Crippen LogP contribution in [0, 0.1) is 12.8 Å². The average Bonchev–Trinajstić information content (AvgIpc) is 2.75. The van der Waals surface area contributed by atoms with E-state index in [0.717, 1.165) is 31.7 Å². The average molecular weight is 236 g/mol. The molecule has 2 rings (SSSR count). The number of nitrogens with zero attached hydrogens (tertiary/aromatic N) is 1. The van der Waals surface area contributed by atoms with E-state index in [0.29, 0.717) is 11.5 Å². The maximum atomic E-state index is 12.2. The van der Waals surface area contributed by atoms with Crippen LogP contribution in [0.1, 0.15) is 35.9 Å². The first-order chi connectivity index (χ1) is 8.08. The van der Waals surface area contributed by atoms with Gasteiger partial charge in [-0.15, -0.1) is 0 Å². The normalized spacial score (nSPS) is 22.5. The van der Waals surface area contributed by atoms with E-state index in [1.165, 1.54) is 6.26 Å². The van der Waals surface area contributed by atoms with Crippen LogP contribution in [-0.2, 0) is 0 Å². The van der Waals surface area contributed by atoms with E-state index in [-0.39, 0.29) is 11.9 Å². The van der Waals surface area contributed by atoms with E-state index >= 15 is 0 Å². The Hall–Kier alpha value is -1.29. The first-order valence-electron chi connectivity index (χ1n) is 6.18. The van der Waals surface area contributed by atoms with E-state index in [1.807, 2.05) is 18.7 Å². The summed E-state index contributed by atoms with van der Waals surface area (Å²) < 4.78 is 5.18. The van der Waals surface area contributed by atoms with E-state index in [9.17, 15) is 4.79 Å². The van der Waals surface area contributed by atoms with Crippen molar-refractivity contribution >= 4 is 5.91 Å². The molecule has 0 aromatic carbocycles. The van der Waals surface area contributed by atoms with E-state index in [4.69, 9.17) is 10.2 Å². The predicted molar refractivity (Wildman–Crippen MR) is 65.7 cm³/mol. The van der Waals surface area contributed by atoms with Gasteiger partial charge in [0.25, 0.3) is 5.91 Å². The van der Waals surface area contributed by atoms with Gasteiger partial charge in [0.15, 0.2) is 0 Å². The molecule has 1 amide bonds. The minimum atomic E-state index is 0.0622. The van der Waals surface area contributed by atoms with Crippen molar-refractivity contribution < 1.29 is 9.21 Å². The number of carbonyl (C=O) groups is 1. The number of aryl methyl sites for hydroxylation is 1. The molecule has 0 bridgehead atoms. The van der Waals surface area contributed by atoms with Crippen LogP contribution in [0.25, 0.3) is 0 Å². The van der Waals surface area contributed by atoms with Gasteiger partial charge in [-0.2, -0.15) is 0 Å². The molecule has 2 N–H and O–H groups in total. The van der Waals surface area contributed by atoms with Crippen molar-refractivity contribution in [2.75, 3.05) is 13.1 Å². The smallest absolute Gasteiger partial charge is 0.257 e. The molecule has 0 aliphatic carbocycles. The fourth-order valence-electron chi connectivity index (χ4n) is 2.36. The van der Waals surface area contributed by atoms with Crippen molar-refractivity contribution in [2.24, 2.45) is 11.7 Å². The molecule has 1 aliphatic heterocycles. The largest absolute Gasteiger partial charge is 0.469 e. The second kappa shape index (κ2) is 4.92. The summed E-state index contributed by atoms with van der Waals surface area (Å²) >= 11 is 0. The Balaban J connectivity index is 2.04. The molecule has 0 spiro atoms. The third kappa shape index (κ3) is 2.69. The first-order valence-corrected chi connectivity index (χ1v) is 6.18. The molecule has 4 heteroatoms. The summed E-state index contributed by atoms with van der Waals surface area (Å²) in [6, 6.07) is 1.94. The maximum Gasteiger partial charge on any atom is 0.257 e. The lowest BCUT2D eigenvalue weighted by Gasteiger charge is -2.34. The number of carbonyl (C=O) groups excluding carboxylic acids is 1. The molecule has 1 aliphatic rings. The van der Waals surface area contributed by atoms with Crippen molar-refractivity contribution in [1.29, 1.82) is 0 Å². The molecule has 1 fully saturated rings. The summed E-state index contributed by atoms with van der Waals surface area (Å²) in [4.78, 5) is 14.1. The Labute approximate surface area is 102 Å². The number of hydrogen-bond donors (Lipinski definition) is 1. The first kappa shape index (κ1) is 12.2. The topological polar surface area (TPSA) is 59.5 Å². The maximum absolute atomic E-state index is 12.2. The highest BCUT2D eigenvalue weighted by Gasteiger charge is 2.26. The molecule has 94 valence electrons. The van der Waals surface area contributed by atoms with Crippen LogP contribution in [0.5, 0.6) is 0 Å². The molecule has 4 nitrogen and oxygen atoms in total. The number of hydrogen-bond acceptors (Lipinski definition) is 3. The van der Waals surface area contributed by atoms with Gasteiger partial charge < -0.3 is 15.1 Å². The van der Waals surface area contributed by atoms with Crippen LogP contribution in [0.15, 0.2) is 16.7 Å². The fourth-order valence-corrected chi connectivity index (χ4v) is 2.36. The minimum Gasteiger partial charge on any atom is -0.469 e. The third-order valence-electron chi connectivity index (χ3n) is 3.47. The van der Waals surface area contributed by atoms with E-state index in [1.54, 1.807) is 6.07 Å². The molecule has 1 saturated heterocycles. The summed E-state index contributed by atoms with van der Waals surface area (Å²) in [5.41, 5.74) is 6.56.